The quantitative estimate of drug-likeness (QED) is 0.327. The van der Waals surface area contributed by atoms with Gasteiger partial charge in [-0.1, -0.05) is 55.6 Å². The summed E-state index contributed by atoms with van der Waals surface area (Å²) < 4.78 is 5.31. The number of alkyl carbamates (subject to hydrolysis) is 1. The average Bonchev–Trinajstić information content (AvgIpc) is 2.80. The van der Waals surface area contributed by atoms with Crippen LogP contribution in [0.15, 0.2) is 42.5 Å². The smallest absolute Gasteiger partial charge is 0.408 e. The van der Waals surface area contributed by atoms with Crippen molar-refractivity contribution >= 4 is 35.2 Å². The number of rotatable bonds is 10. The van der Waals surface area contributed by atoms with Gasteiger partial charge < -0.3 is 25.4 Å². The number of aromatic hydroxyl groups is 1. The first-order valence-electron chi connectivity index (χ1n) is 12.5. The number of phenolic OH excluding ortho intramolecular Hbond substituents is 1. The minimum atomic E-state index is -1.04. The number of unbranched alkanes of at least 4 members (excludes halogenated alkanes) is 2. The predicted molar refractivity (Wildman–Crippen MR) is 146 cm³/mol. The molecule has 3 amide bonds. The van der Waals surface area contributed by atoms with Crippen LogP contribution in [0, 0.1) is 6.92 Å². The Morgan fingerprint density at radius 1 is 1.08 bits per heavy atom. The maximum absolute atomic E-state index is 13.8. The molecule has 2 aromatic carbocycles. The summed E-state index contributed by atoms with van der Waals surface area (Å²) in [6.45, 7) is 10.9. The van der Waals surface area contributed by atoms with Crippen LogP contribution in [-0.4, -0.2) is 46.1 Å². The summed E-state index contributed by atoms with van der Waals surface area (Å²) in [6.07, 6.45) is 1.71. The monoisotopic (exact) mass is 531 g/mol. The van der Waals surface area contributed by atoms with Crippen LogP contribution in [0.1, 0.15) is 71.0 Å². The summed E-state index contributed by atoms with van der Waals surface area (Å²) >= 11 is 6.36. The fourth-order valence-electron chi connectivity index (χ4n) is 3.80. The Kier molecular flexibility index (Phi) is 10.8. The van der Waals surface area contributed by atoms with Crippen molar-refractivity contribution in [2.45, 2.75) is 78.5 Å². The topological polar surface area (TPSA) is 108 Å². The lowest BCUT2D eigenvalue weighted by Gasteiger charge is -2.34. The molecule has 0 aliphatic rings. The van der Waals surface area contributed by atoms with E-state index in [1.807, 2.05) is 19.9 Å². The number of anilines is 1. The van der Waals surface area contributed by atoms with Crippen LogP contribution >= 0.6 is 11.6 Å². The van der Waals surface area contributed by atoms with Crippen molar-refractivity contribution in [3.63, 3.8) is 0 Å². The number of nitrogens with zero attached hydrogens (tertiary/aromatic N) is 1. The van der Waals surface area contributed by atoms with Crippen LogP contribution in [0.4, 0.5) is 10.5 Å². The number of amides is 3. The average molecular weight is 532 g/mol. The van der Waals surface area contributed by atoms with Gasteiger partial charge >= 0.3 is 6.09 Å². The van der Waals surface area contributed by atoms with Crippen molar-refractivity contribution in [2.75, 3.05) is 11.9 Å². The fraction of sp³-hybridized carbons (Fsp3) is 0.464. The number of carbonyl (C=O) groups excluding carboxylic acids is 3. The van der Waals surface area contributed by atoms with Gasteiger partial charge in [-0.2, -0.15) is 0 Å². The molecule has 0 fully saturated rings. The molecule has 0 saturated heterocycles. The minimum Gasteiger partial charge on any atom is -0.508 e. The molecular weight excluding hydrogens is 494 g/mol. The van der Waals surface area contributed by atoms with Gasteiger partial charge in [-0.25, -0.2) is 4.79 Å². The molecule has 2 unspecified atom stereocenters. The van der Waals surface area contributed by atoms with Crippen LogP contribution in [0.5, 0.6) is 5.75 Å². The van der Waals surface area contributed by atoms with E-state index in [0.717, 1.165) is 18.4 Å². The Morgan fingerprint density at radius 3 is 2.30 bits per heavy atom. The number of benzene rings is 2. The number of hydrogen-bond donors (Lipinski definition) is 3. The maximum Gasteiger partial charge on any atom is 0.408 e. The maximum atomic E-state index is 13.8. The molecule has 2 rings (SSSR count). The molecule has 9 heteroatoms. The van der Waals surface area contributed by atoms with E-state index in [-0.39, 0.29) is 12.3 Å². The number of para-hydroxylation sites is 1. The third-order valence-electron chi connectivity index (χ3n) is 5.63. The number of nitrogens with one attached hydrogen (secondary N) is 2. The van der Waals surface area contributed by atoms with Crippen LogP contribution in [0.2, 0.25) is 5.02 Å². The van der Waals surface area contributed by atoms with E-state index in [9.17, 15) is 19.5 Å². The van der Waals surface area contributed by atoms with Crippen molar-refractivity contribution in [2.24, 2.45) is 0 Å². The van der Waals surface area contributed by atoms with E-state index in [0.29, 0.717) is 22.7 Å². The van der Waals surface area contributed by atoms with Gasteiger partial charge in [0.1, 0.15) is 23.4 Å². The molecule has 3 N–H and O–H groups in total. The molecular formula is C28H38ClN3O5. The number of carbonyl (C=O) groups is 3. The molecule has 2 atom stereocenters. The van der Waals surface area contributed by atoms with Crippen LogP contribution in [0.3, 0.4) is 0 Å². The zero-order valence-corrected chi connectivity index (χ0v) is 23.2. The molecule has 37 heavy (non-hydrogen) atoms. The Morgan fingerprint density at radius 2 is 1.73 bits per heavy atom. The Balaban J connectivity index is 2.46. The summed E-state index contributed by atoms with van der Waals surface area (Å²) in [4.78, 5) is 41.3. The van der Waals surface area contributed by atoms with Crippen molar-refractivity contribution in [3.8, 4) is 5.75 Å². The molecule has 0 bridgehead atoms. The van der Waals surface area contributed by atoms with Gasteiger partial charge in [-0.05, 0) is 70.4 Å². The van der Waals surface area contributed by atoms with Crippen LogP contribution in [-0.2, 0) is 14.3 Å². The van der Waals surface area contributed by atoms with E-state index in [1.165, 1.54) is 17.0 Å². The molecule has 0 saturated carbocycles. The third-order valence-corrected chi connectivity index (χ3v) is 5.94. The molecule has 0 aliphatic carbocycles. The fourth-order valence-corrected chi connectivity index (χ4v) is 4.07. The highest BCUT2D eigenvalue weighted by atomic mass is 35.5. The highest BCUT2D eigenvalue weighted by Gasteiger charge is 2.35. The Bertz CT molecular complexity index is 1060. The van der Waals surface area contributed by atoms with E-state index >= 15 is 0 Å². The van der Waals surface area contributed by atoms with Crippen molar-refractivity contribution in [1.82, 2.24) is 10.2 Å². The van der Waals surface area contributed by atoms with Gasteiger partial charge in [-0.3, -0.25) is 9.59 Å². The van der Waals surface area contributed by atoms with Gasteiger partial charge in [0.05, 0.1) is 10.7 Å². The summed E-state index contributed by atoms with van der Waals surface area (Å²) in [7, 11) is 0. The van der Waals surface area contributed by atoms with E-state index < -0.39 is 35.6 Å². The summed E-state index contributed by atoms with van der Waals surface area (Å²) in [5.41, 5.74) is 1.01. The number of hydrogen-bond acceptors (Lipinski definition) is 5. The Hall–Kier alpha value is -3.26. The highest BCUT2D eigenvalue weighted by molar-refractivity contribution is 6.34. The zero-order valence-electron chi connectivity index (χ0n) is 22.4. The van der Waals surface area contributed by atoms with Crippen molar-refractivity contribution in [3.05, 3.63) is 58.6 Å². The van der Waals surface area contributed by atoms with Crippen LogP contribution < -0.4 is 10.6 Å². The van der Waals surface area contributed by atoms with Crippen LogP contribution in [0.25, 0.3) is 0 Å². The first kappa shape index (κ1) is 30.0. The zero-order chi connectivity index (χ0) is 27.8. The van der Waals surface area contributed by atoms with E-state index in [4.69, 9.17) is 16.3 Å². The van der Waals surface area contributed by atoms with E-state index in [2.05, 4.69) is 10.6 Å². The largest absolute Gasteiger partial charge is 0.508 e. The number of aryl methyl sites for hydroxylation is 1. The lowest BCUT2D eigenvalue weighted by Crippen LogP contribution is -2.51. The molecule has 2 aromatic rings. The van der Waals surface area contributed by atoms with Gasteiger partial charge in [0.2, 0.25) is 5.91 Å². The van der Waals surface area contributed by atoms with Gasteiger partial charge in [-0.15, -0.1) is 0 Å². The highest BCUT2D eigenvalue weighted by Crippen LogP contribution is 2.30. The number of halogens is 1. The molecule has 8 nitrogen and oxygen atoms in total. The summed E-state index contributed by atoms with van der Waals surface area (Å²) in [5.74, 6) is -0.865. The van der Waals surface area contributed by atoms with E-state index in [1.54, 1.807) is 52.0 Å². The standard InChI is InChI=1S/C28H38ClN3O5/c1-7-8-9-17-32(26(35)19(3)30-27(36)37-28(4,5)6)24(20-13-15-21(33)16-14-20)25(34)31-23-18(2)11-10-12-22(23)29/h10-16,19,24,33H,7-9,17H2,1-6H3,(H,30,36)(H,31,34). The first-order valence-corrected chi connectivity index (χ1v) is 12.9. The lowest BCUT2D eigenvalue weighted by atomic mass is 10.0. The molecule has 202 valence electrons. The molecule has 0 radical (unpaired) electrons. The van der Waals surface area contributed by atoms with Gasteiger partial charge in [0, 0.05) is 6.54 Å². The minimum absolute atomic E-state index is 0.0358. The lowest BCUT2D eigenvalue weighted by molar-refractivity contribution is -0.140. The summed E-state index contributed by atoms with van der Waals surface area (Å²) in [6, 6.07) is 9.44. The molecule has 0 spiro atoms. The second-order valence-electron chi connectivity index (χ2n) is 10.0. The summed E-state index contributed by atoms with van der Waals surface area (Å²) in [5, 5.41) is 15.7. The van der Waals surface area contributed by atoms with Crippen molar-refractivity contribution in [1.29, 1.82) is 0 Å². The number of ether oxygens (including phenoxy) is 1. The van der Waals surface area contributed by atoms with Gasteiger partial charge in [0.25, 0.3) is 5.91 Å². The number of phenols is 1. The molecule has 0 aromatic heterocycles. The second-order valence-corrected chi connectivity index (χ2v) is 10.4. The Labute approximate surface area is 224 Å². The first-order chi connectivity index (χ1) is 17.3. The normalized spacial score (nSPS) is 12.8. The van der Waals surface area contributed by atoms with Gasteiger partial charge in [0.15, 0.2) is 0 Å². The SMILES string of the molecule is CCCCCN(C(=O)C(C)NC(=O)OC(C)(C)C)C(C(=O)Nc1c(C)cccc1Cl)c1ccc(O)cc1. The van der Waals surface area contributed by atoms with Crippen molar-refractivity contribution < 1.29 is 24.2 Å². The molecule has 0 aliphatic heterocycles. The third kappa shape index (κ3) is 8.97. The molecule has 0 heterocycles. The predicted octanol–water partition coefficient (Wildman–Crippen LogP) is 5.97. The second kappa shape index (κ2) is 13.3.